The molecule has 0 radical (unpaired) electrons. The number of nitrogens with two attached hydrogens (primary N) is 1. The van der Waals surface area contributed by atoms with Crippen molar-refractivity contribution in [3.63, 3.8) is 0 Å². The van der Waals surface area contributed by atoms with Crippen LogP contribution in [0.4, 0.5) is 5.69 Å². The average molecular weight is 267 g/mol. The number of fused-ring (bicyclic) bond motifs is 1. The van der Waals surface area contributed by atoms with Crippen molar-refractivity contribution in [2.24, 2.45) is 0 Å². The Hall–Kier alpha value is -2.75. The minimum Gasteiger partial charge on any atom is -0.508 e. The Bertz CT molecular complexity index is 848. The quantitative estimate of drug-likeness (QED) is 0.664. The van der Waals surface area contributed by atoms with Crippen molar-refractivity contribution in [2.45, 2.75) is 6.92 Å². The third-order valence-corrected chi connectivity index (χ3v) is 3.25. The minimum absolute atomic E-state index is 0.0697. The second-order valence-corrected chi connectivity index (χ2v) is 4.66. The third kappa shape index (κ3) is 1.91. The molecule has 0 aliphatic rings. The molecule has 4 heteroatoms. The van der Waals surface area contributed by atoms with Gasteiger partial charge in [-0.3, -0.25) is 4.79 Å². The normalized spacial score (nSPS) is 10.8. The third-order valence-electron chi connectivity index (χ3n) is 3.25. The molecule has 100 valence electrons. The van der Waals surface area contributed by atoms with Crippen LogP contribution in [0.3, 0.4) is 0 Å². The van der Waals surface area contributed by atoms with Gasteiger partial charge in [-0.15, -0.1) is 0 Å². The summed E-state index contributed by atoms with van der Waals surface area (Å²) >= 11 is 0. The molecule has 3 aromatic rings. The molecule has 0 saturated carbocycles. The highest BCUT2D eigenvalue weighted by Gasteiger charge is 2.13. The Labute approximate surface area is 115 Å². The Morgan fingerprint density at radius 3 is 2.50 bits per heavy atom. The summed E-state index contributed by atoms with van der Waals surface area (Å²) in [6, 6.07) is 11.6. The number of nitrogen functional groups attached to an aromatic ring is 1. The van der Waals surface area contributed by atoms with E-state index in [1.54, 1.807) is 37.3 Å². The second-order valence-electron chi connectivity index (χ2n) is 4.66. The molecule has 3 N–H and O–H groups in total. The minimum atomic E-state index is -0.117. The number of hydrogen-bond acceptors (Lipinski definition) is 4. The van der Waals surface area contributed by atoms with Crippen LogP contribution in [0, 0.1) is 6.92 Å². The molecule has 1 aromatic heterocycles. The summed E-state index contributed by atoms with van der Waals surface area (Å²) in [5.74, 6) is 0.582. The molecule has 0 saturated heterocycles. The molecule has 0 bridgehead atoms. The predicted octanol–water partition coefficient (Wildman–Crippen LogP) is 3.06. The first-order valence-electron chi connectivity index (χ1n) is 6.18. The molecule has 4 nitrogen and oxygen atoms in total. The van der Waals surface area contributed by atoms with E-state index >= 15 is 0 Å². The van der Waals surface area contributed by atoms with Gasteiger partial charge in [0.15, 0.2) is 0 Å². The lowest BCUT2D eigenvalue weighted by Crippen LogP contribution is -2.07. The Morgan fingerprint density at radius 2 is 1.80 bits per heavy atom. The van der Waals surface area contributed by atoms with Crippen LogP contribution < -0.4 is 11.2 Å². The Balaban J connectivity index is 2.34. The topological polar surface area (TPSA) is 76.5 Å². The molecule has 3 rings (SSSR count). The Morgan fingerprint density at radius 1 is 1.10 bits per heavy atom. The van der Waals surface area contributed by atoms with Crippen LogP contribution in [0.25, 0.3) is 22.1 Å². The van der Waals surface area contributed by atoms with Crippen molar-refractivity contribution < 1.29 is 9.52 Å². The summed E-state index contributed by atoms with van der Waals surface area (Å²) < 4.78 is 5.65. The largest absolute Gasteiger partial charge is 0.508 e. The highest BCUT2D eigenvalue weighted by molar-refractivity contribution is 5.83. The van der Waals surface area contributed by atoms with Crippen LogP contribution in [0.1, 0.15) is 5.76 Å². The summed E-state index contributed by atoms with van der Waals surface area (Å²) in [7, 11) is 0. The van der Waals surface area contributed by atoms with Gasteiger partial charge in [-0.1, -0.05) is 12.1 Å². The zero-order valence-electron chi connectivity index (χ0n) is 10.9. The zero-order chi connectivity index (χ0) is 14.3. The van der Waals surface area contributed by atoms with Crippen molar-refractivity contribution in [3.05, 3.63) is 58.4 Å². The van der Waals surface area contributed by atoms with Crippen LogP contribution in [0.2, 0.25) is 0 Å². The van der Waals surface area contributed by atoms with Crippen LogP contribution in [0.5, 0.6) is 5.75 Å². The fourth-order valence-electron chi connectivity index (χ4n) is 2.28. The first-order chi connectivity index (χ1) is 9.56. The summed E-state index contributed by atoms with van der Waals surface area (Å²) in [4.78, 5) is 12.6. The molecular formula is C16H13NO3. The number of hydrogen-bond donors (Lipinski definition) is 2. The van der Waals surface area contributed by atoms with Gasteiger partial charge in [0.25, 0.3) is 0 Å². The number of aromatic hydroxyl groups is 1. The molecule has 1 heterocycles. The molecule has 0 atom stereocenters. The lowest BCUT2D eigenvalue weighted by molar-refractivity contribution is 0.473. The molecule has 0 fully saturated rings. The van der Waals surface area contributed by atoms with Crippen LogP contribution in [-0.2, 0) is 0 Å². The maximum absolute atomic E-state index is 12.6. The highest BCUT2D eigenvalue weighted by Crippen LogP contribution is 2.26. The average Bonchev–Trinajstić information content (AvgIpc) is 2.40. The lowest BCUT2D eigenvalue weighted by atomic mass is 10.0. The van der Waals surface area contributed by atoms with E-state index in [0.717, 1.165) is 5.56 Å². The van der Waals surface area contributed by atoms with Gasteiger partial charge in [0.1, 0.15) is 17.1 Å². The van der Waals surface area contributed by atoms with E-state index in [1.807, 2.05) is 0 Å². The molecule has 20 heavy (non-hydrogen) atoms. The maximum atomic E-state index is 12.6. The standard InChI is InChI=1S/C16H13NO3/c1-9-15(10-2-4-11(17)5-3-10)16(19)13-7-6-12(18)8-14(13)20-9/h2-8,18H,17H2,1H3. The molecule has 0 aliphatic heterocycles. The van der Waals surface area contributed by atoms with Crippen molar-refractivity contribution in [3.8, 4) is 16.9 Å². The fraction of sp³-hybridized carbons (Fsp3) is 0.0625. The van der Waals surface area contributed by atoms with E-state index in [0.29, 0.717) is 28.0 Å². The molecule has 0 aliphatic carbocycles. The molecule has 2 aromatic carbocycles. The van der Waals surface area contributed by atoms with Crippen LogP contribution >= 0.6 is 0 Å². The van der Waals surface area contributed by atoms with Crippen LogP contribution in [0.15, 0.2) is 51.7 Å². The number of anilines is 1. The monoisotopic (exact) mass is 267 g/mol. The number of aryl methyl sites for hydroxylation is 1. The molecular weight excluding hydrogens is 254 g/mol. The molecule has 0 amide bonds. The summed E-state index contributed by atoms with van der Waals surface area (Å²) in [6.07, 6.45) is 0. The number of rotatable bonds is 1. The van der Waals surface area contributed by atoms with Crippen molar-refractivity contribution in [2.75, 3.05) is 5.73 Å². The number of phenolic OH excluding ortho intramolecular Hbond substituents is 1. The van der Waals surface area contributed by atoms with E-state index < -0.39 is 0 Å². The smallest absolute Gasteiger partial charge is 0.200 e. The van der Waals surface area contributed by atoms with Gasteiger partial charge >= 0.3 is 0 Å². The van der Waals surface area contributed by atoms with E-state index in [-0.39, 0.29) is 11.2 Å². The van der Waals surface area contributed by atoms with Gasteiger partial charge in [0.2, 0.25) is 5.43 Å². The summed E-state index contributed by atoms with van der Waals surface area (Å²) in [6.45, 7) is 1.73. The maximum Gasteiger partial charge on any atom is 0.200 e. The van der Waals surface area contributed by atoms with Gasteiger partial charge in [0.05, 0.1) is 10.9 Å². The fourth-order valence-corrected chi connectivity index (χ4v) is 2.28. The van der Waals surface area contributed by atoms with Gasteiger partial charge in [-0.25, -0.2) is 0 Å². The summed E-state index contributed by atoms with van der Waals surface area (Å²) in [5, 5.41) is 9.90. The van der Waals surface area contributed by atoms with Gasteiger partial charge in [0, 0.05) is 11.8 Å². The van der Waals surface area contributed by atoms with E-state index in [9.17, 15) is 9.90 Å². The first-order valence-corrected chi connectivity index (χ1v) is 6.18. The van der Waals surface area contributed by atoms with Gasteiger partial charge in [-0.2, -0.15) is 0 Å². The Kier molecular flexibility index (Phi) is 2.71. The van der Waals surface area contributed by atoms with Crippen LogP contribution in [-0.4, -0.2) is 5.11 Å². The van der Waals surface area contributed by atoms with Crippen molar-refractivity contribution in [1.82, 2.24) is 0 Å². The molecule has 0 unspecified atom stereocenters. The molecule has 0 spiro atoms. The van der Waals surface area contributed by atoms with Gasteiger partial charge < -0.3 is 15.3 Å². The zero-order valence-corrected chi connectivity index (χ0v) is 10.9. The van der Waals surface area contributed by atoms with Crippen molar-refractivity contribution >= 4 is 16.7 Å². The van der Waals surface area contributed by atoms with Gasteiger partial charge in [-0.05, 0) is 36.8 Å². The lowest BCUT2D eigenvalue weighted by Gasteiger charge is -2.07. The van der Waals surface area contributed by atoms with E-state index in [2.05, 4.69) is 0 Å². The number of benzene rings is 2. The number of phenols is 1. The highest BCUT2D eigenvalue weighted by atomic mass is 16.3. The second kappa shape index (κ2) is 4.42. The van der Waals surface area contributed by atoms with E-state index in [4.69, 9.17) is 10.2 Å². The van der Waals surface area contributed by atoms with Crippen molar-refractivity contribution in [1.29, 1.82) is 0 Å². The SMILES string of the molecule is Cc1oc2cc(O)ccc2c(=O)c1-c1ccc(N)cc1. The summed E-state index contributed by atoms with van der Waals surface area (Å²) in [5.41, 5.74) is 7.84. The first kappa shape index (κ1) is 12.3. The van der Waals surface area contributed by atoms with E-state index in [1.165, 1.54) is 12.1 Å². The predicted molar refractivity (Wildman–Crippen MR) is 78.7 cm³/mol.